The molecule has 0 aliphatic carbocycles. The van der Waals surface area contributed by atoms with Crippen LogP contribution in [0.4, 0.5) is 5.69 Å². The summed E-state index contributed by atoms with van der Waals surface area (Å²) in [7, 11) is 0. The standard InChI is InChI=1S/C17H26N2/c1-3-5-9-13-18-14-15-19(17(18)10-4-2)16-11-7-6-8-12-16/h6-8,11-12,14-15,17H,3-5,9-10,13H2,1-2H3. The van der Waals surface area contributed by atoms with Crippen LogP contribution in [0.25, 0.3) is 0 Å². The van der Waals surface area contributed by atoms with Gasteiger partial charge in [0.15, 0.2) is 0 Å². The van der Waals surface area contributed by atoms with E-state index in [-0.39, 0.29) is 0 Å². The molecule has 0 amide bonds. The Kier molecular flexibility index (Phi) is 5.31. The van der Waals surface area contributed by atoms with Crippen LogP contribution in [0.2, 0.25) is 0 Å². The van der Waals surface area contributed by atoms with Gasteiger partial charge in [0.05, 0.1) is 0 Å². The Morgan fingerprint density at radius 2 is 1.74 bits per heavy atom. The van der Waals surface area contributed by atoms with Crippen molar-refractivity contribution in [3.05, 3.63) is 42.7 Å². The van der Waals surface area contributed by atoms with Gasteiger partial charge in [0.25, 0.3) is 0 Å². The fourth-order valence-corrected chi connectivity index (χ4v) is 2.71. The smallest absolute Gasteiger partial charge is 0.105 e. The maximum atomic E-state index is 2.51. The van der Waals surface area contributed by atoms with E-state index in [1.54, 1.807) is 0 Å². The number of rotatable bonds is 7. The van der Waals surface area contributed by atoms with Gasteiger partial charge < -0.3 is 9.80 Å². The van der Waals surface area contributed by atoms with Crippen molar-refractivity contribution >= 4 is 5.69 Å². The van der Waals surface area contributed by atoms with Crippen molar-refractivity contribution in [2.45, 2.75) is 52.1 Å². The molecule has 19 heavy (non-hydrogen) atoms. The van der Waals surface area contributed by atoms with Gasteiger partial charge in [-0.3, -0.25) is 0 Å². The van der Waals surface area contributed by atoms with Gasteiger partial charge in [0.1, 0.15) is 6.17 Å². The number of hydrogen-bond donors (Lipinski definition) is 0. The molecule has 104 valence electrons. The molecule has 1 unspecified atom stereocenters. The van der Waals surface area contributed by atoms with Crippen molar-refractivity contribution in [2.24, 2.45) is 0 Å². The summed E-state index contributed by atoms with van der Waals surface area (Å²) in [5.41, 5.74) is 1.30. The highest BCUT2D eigenvalue weighted by molar-refractivity contribution is 5.51. The molecule has 0 N–H and O–H groups in total. The van der Waals surface area contributed by atoms with Gasteiger partial charge in [-0.05, 0) is 25.0 Å². The average Bonchev–Trinajstić information content (AvgIpc) is 2.84. The van der Waals surface area contributed by atoms with Crippen molar-refractivity contribution < 1.29 is 0 Å². The quantitative estimate of drug-likeness (QED) is 0.660. The molecule has 2 rings (SSSR count). The van der Waals surface area contributed by atoms with Crippen LogP contribution < -0.4 is 4.90 Å². The van der Waals surface area contributed by atoms with Crippen molar-refractivity contribution in [3.8, 4) is 0 Å². The van der Waals surface area contributed by atoms with Crippen molar-refractivity contribution in [1.29, 1.82) is 0 Å². The van der Waals surface area contributed by atoms with Crippen LogP contribution >= 0.6 is 0 Å². The normalized spacial score (nSPS) is 18.3. The van der Waals surface area contributed by atoms with Crippen LogP contribution in [0.15, 0.2) is 42.7 Å². The van der Waals surface area contributed by atoms with E-state index < -0.39 is 0 Å². The highest BCUT2D eigenvalue weighted by atomic mass is 15.4. The molecule has 1 heterocycles. The Morgan fingerprint density at radius 3 is 2.42 bits per heavy atom. The minimum absolute atomic E-state index is 0.504. The summed E-state index contributed by atoms with van der Waals surface area (Å²) >= 11 is 0. The third-order valence-electron chi connectivity index (χ3n) is 3.74. The topological polar surface area (TPSA) is 6.48 Å². The SMILES string of the molecule is CCCCCN1C=CN(c2ccccc2)C1CCC. The lowest BCUT2D eigenvalue weighted by molar-refractivity contribution is 0.278. The van der Waals surface area contributed by atoms with Gasteiger partial charge in [-0.15, -0.1) is 0 Å². The van der Waals surface area contributed by atoms with Gasteiger partial charge in [0.2, 0.25) is 0 Å². The lowest BCUT2D eigenvalue weighted by Gasteiger charge is -2.32. The largest absolute Gasteiger partial charge is 0.356 e. The Labute approximate surface area is 117 Å². The van der Waals surface area contributed by atoms with Crippen LogP contribution in [0.1, 0.15) is 46.0 Å². The molecule has 0 saturated carbocycles. The molecule has 0 saturated heterocycles. The van der Waals surface area contributed by atoms with Crippen molar-refractivity contribution in [3.63, 3.8) is 0 Å². The van der Waals surface area contributed by atoms with Crippen LogP contribution in [0.5, 0.6) is 0 Å². The molecule has 2 nitrogen and oxygen atoms in total. The van der Waals surface area contributed by atoms with Crippen LogP contribution in [-0.4, -0.2) is 17.6 Å². The summed E-state index contributed by atoms with van der Waals surface area (Å²) in [5, 5.41) is 0. The van der Waals surface area contributed by atoms with Crippen LogP contribution in [0, 0.1) is 0 Å². The second-order valence-corrected chi connectivity index (χ2v) is 5.26. The summed E-state index contributed by atoms with van der Waals surface area (Å²) in [5.74, 6) is 0. The first-order chi connectivity index (χ1) is 9.36. The zero-order valence-corrected chi connectivity index (χ0v) is 12.3. The predicted molar refractivity (Wildman–Crippen MR) is 83.0 cm³/mol. The van der Waals surface area contributed by atoms with E-state index in [1.807, 2.05) is 0 Å². The number of hydrogen-bond acceptors (Lipinski definition) is 2. The molecule has 0 spiro atoms. The summed E-state index contributed by atoms with van der Waals surface area (Å²) < 4.78 is 0. The van der Waals surface area contributed by atoms with E-state index in [9.17, 15) is 0 Å². The number of anilines is 1. The third-order valence-corrected chi connectivity index (χ3v) is 3.74. The molecule has 0 aromatic heterocycles. The monoisotopic (exact) mass is 258 g/mol. The summed E-state index contributed by atoms with van der Waals surface area (Å²) in [6, 6.07) is 10.7. The summed E-state index contributed by atoms with van der Waals surface area (Å²) in [4.78, 5) is 4.92. The van der Waals surface area contributed by atoms with Crippen molar-refractivity contribution in [2.75, 3.05) is 11.4 Å². The molecule has 0 bridgehead atoms. The van der Waals surface area contributed by atoms with Crippen LogP contribution in [0.3, 0.4) is 0 Å². The molecule has 1 aliphatic rings. The predicted octanol–water partition coefficient (Wildman–Crippen LogP) is 4.60. The first-order valence-electron chi connectivity index (χ1n) is 7.64. The first kappa shape index (κ1) is 14.0. The zero-order chi connectivity index (χ0) is 13.5. The van der Waals surface area contributed by atoms with E-state index in [0.29, 0.717) is 6.17 Å². The Balaban J connectivity index is 2.03. The van der Waals surface area contributed by atoms with Gasteiger partial charge in [-0.25, -0.2) is 0 Å². The van der Waals surface area contributed by atoms with E-state index in [0.717, 1.165) is 0 Å². The molecule has 1 aromatic rings. The maximum Gasteiger partial charge on any atom is 0.105 e. The van der Waals surface area contributed by atoms with E-state index in [2.05, 4.69) is 66.4 Å². The van der Waals surface area contributed by atoms with E-state index >= 15 is 0 Å². The minimum Gasteiger partial charge on any atom is -0.356 e. The Morgan fingerprint density at radius 1 is 0.947 bits per heavy atom. The Bertz CT molecular complexity index is 386. The lowest BCUT2D eigenvalue weighted by Crippen LogP contribution is -2.39. The van der Waals surface area contributed by atoms with Gasteiger partial charge in [-0.2, -0.15) is 0 Å². The van der Waals surface area contributed by atoms with Crippen LogP contribution in [-0.2, 0) is 0 Å². The molecule has 1 atom stereocenters. The zero-order valence-electron chi connectivity index (χ0n) is 12.3. The molecular weight excluding hydrogens is 232 g/mol. The first-order valence-corrected chi connectivity index (χ1v) is 7.64. The number of para-hydroxylation sites is 1. The lowest BCUT2D eigenvalue weighted by atomic mass is 10.2. The number of nitrogens with zero attached hydrogens (tertiary/aromatic N) is 2. The molecule has 0 radical (unpaired) electrons. The Hall–Kier alpha value is -1.44. The molecular formula is C17H26N2. The fraction of sp³-hybridized carbons (Fsp3) is 0.529. The third kappa shape index (κ3) is 3.52. The minimum atomic E-state index is 0.504. The second kappa shape index (κ2) is 7.22. The highest BCUT2D eigenvalue weighted by Gasteiger charge is 2.25. The summed E-state index contributed by atoms with van der Waals surface area (Å²) in [6.07, 6.45) is 11.4. The molecule has 1 aromatic carbocycles. The number of unbranched alkanes of at least 4 members (excludes halogenated alkanes) is 2. The van der Waals surface area contributed by atoms with E-state index in [1.165, 1.54) is 44.3 Å². The molecule has 1 aliphatic heterocycles. The average molecular weight is 258 g/mol. The highest BCUT2D eigenvalue weighted by Crippen LogP contribution is 2.27. The molecule has 2 heteroatoms. The van der Waals surface area contributed by atoms with Gasteiger partial charge >= 0.3 is 0 Å². The molecule has 0 fully saturated rings. The summed E-state index contributed by atoms with van der Waals surface area (Å²) in [6.45, 7) is 5.71. The van der Waals surface area contributed by atoms with Crippen molar-refractivity contribution in [1.82, 2.24) is 4.90 Å². The fourth-order valence-electron chi connectivity index (χ4n) is 2.71. The van der Waals surface area contributed by atoms with Gasteiger partial charge in [0, 0.05) is 24.6 Å². The second-order valence-electron chi connectivity index (χ2n) is 5.26. The number of benzene rings is 1. The van der Waals surface area contributed by atoms with E-state index in [4.69, 9.17) is 0 Å². The van der Waals surface area contributed by atoms with Gasteiger partial charge in [-0.1, -0.05) is 51.3 Å². The maximum absolute atomic E-state index is 2.51.